The predicted octanol–water partition coefficient (Wildman–Crippen LogP) is 8.02. The van der Waals surface area contributed by atoms with Crippen molar-refractivity contribution in [3.63, 3.8) is 0 Å². The largest absolute Gasteiger partial charge is 0.416 e. The van der Waals surface area contributed by atoms with Crippen molar-refractivity contribution in [2.45, 2.75) is 49.9 Å². The summed E-state index contributed by atoms with van der Waals surface area (Å²) in [5, 5.41) is 0.288. The summed E-state index contributed by atoms with van der Waals surface area (Å²) in [5.41, 5.74) is 4.06. The summed E-state index contributed by atoms with van der Waals surface area (Å²) < 4.78 is 38.4. The molecule has 29 heavy (non-hydrogen) atoms. The molecule has 0 spiro atoms. The van der Waals surface area contributed by atoms with E-state index in [9.17, 15) is 13.2 Å². The molecule has 0 N–H and O–H groups in total. The zero-order valence-corrected chi connectivity index (χ0v) is 17.6. The number of thioether (sulfide) groups is 1. The Morgan fingerprint density at radius 3 is 2.28 bits per heavy atom. The molecule has 0 saturated heterocycles. The molecule has 1 nitrogen and oxygen atoms in total. The highest BCUT2D eigenvalue weighted by atomic mass is 32.2. The maximum absolute atomic E-state index is 12.8. The van der Waals surface area contributed by atoms with Crippen molar-refractivity contribution in [2.24, 2.45) is 0 Å². The third-order valence-electron chi connectivity index (χ3n) is 4.80. The van der Waals surface area contributed by atoms with Gasteiger partial charge in [0.1, 0.15) is 0 Å². The Kier molecular flexibility index (Phi) is 6.68. The number of nitrogens with zero attached hydrogens (tertiary/aromatic N) is 1. The first-order valence-corrected chi connectivity index (χ1v) is 10.5. The second kappa shape index (κ2) is 9.04. The molecule has 152 valence electrons. The summed E-state index contributed by atoms with van der Waals surface area (Å²) in [5.74, 6) is 0. The van der Waals surface area contributed by atoms with Gasteiger partial charge in [0, 0.05) is 21.4 Å². The summed E-state index contributed by atoms with van der Waals surface area (Å²) >= 11 is 1.84. The summed E-state index contributed by atoms with van der Waals surface area (Å²) in [7, 11) is 0. The van der Waals surface area contributed by atoms with Gasteiger partial charge >= 0.3 is 6.18 Å². The number of aromatic nitrogens is 1. The molecule has 0 saturated carbocycles. The highest BCUT2D eigenvalue weighted by molar-refractivity contribution is 7.99. The quantitative estimate of drug-likeness (QED) is 0.378. The molecule has 0 bridgehead atoms. The average molecular weight is 416 g/mol. The first-order valence-electron chi connectivity index (χ1n) is 9.66. The SMILES string of the molecule is CCCC(Sc1cccc(C)c1)c1ccc(-c2ccc(C(F)(F)F)cc2)nc1C. The molecular weight excluding hydrogens is 391 g/mol. The fourth-order valence-corrected chi connectivity index (χ4v) is 4.77. The normalized spacial score (nSPS) is 12.8. The molecule has 0 fully saturated rings. The van der Waals surface area contributed by atoms with Crippen molar-refractivity contribution >= 4 is 11.8 Å². The lowest BCUT2D eigenvalue weighted by Gasteiger charge is -2.19. The van der Waals surface area contributed by atoms with Crippen molar-refractivity contribution < 1.29 is 13.2 Å². The van der Waals surface area contributed by atoms with Gasteiger partial charge < -0.3 is 0 Å². The van der Waals surface area contributed by atoms with Crippen molar-refractivity contribution in [2.75, 3.05) is 0 Å². The van der Waals surface area contributed by atoms with Crippen LogP contribution in [0.4, 0.5) is 13.2 Å². The molecular formula is C24H24F3NS. The number of halogens is 3. The molecule has 3 rings (SSSR count). The van der Waals surface area contributed by atoms with Crippen LogP contribution < -0.4 is 0 Å². The molecule has 1 aromatic heterocycles. The second-order valence-electron chi connectivity index (χ2n) is 7.16. The molecule has 0 aliphatic heterocycles. The van der Waals surface area contributed by atoms with Crippen LogP contribution in [0, 0.1) is 13.8 Å². The lowest BCUT2D eigenvalue weighted by atomic mass is 10.0. The zero-order chi connectivity index (χ0) is 21.0. The number of alkyl halides is 3. The minimum absolute atomic E-state index is 0.288. The van der Waals surface area contributed by atoms with Gasteiger partial charge in [0.2, 0.25) is 0 Å². The second-order valence-corrected chi connectivity index (χ2v) is 8.43. The molecule has 0 amide bonds. The molecule has 1 unspecified atom stereocenters. The topological polar surface area (TPSA) is 12.9 Å². The maximum atomic E-state index is 12.8. The first kappa shape index (κ1) is 21.4. The molecule has 0 aliphatic carbocycles. The van der Waals surface area contributed by atoms with Crippen LogP contribution in [0.2, 0.25) is 0 Å². The Labute approximate surface area is 174 Å². The van der Waals surface area contributed by atoms with Gasteiger partial charge in [-0.05, 0) is 56.2 Å². The van der Waals surface area contributed by atoms with E-state index in [1.54, 1.807) is 0 Å². The van der Waals surface area contributed by atoms with Crippen LogP contribution in [0.3, 0.4) is 0 Å². The Hall–Kier alpha value is -2.27. The minimum Gasteiger partial charge on any atom is -0.253 e. The molecule has 3 aromatic rings. The van der Waals surface area contributed by atoms with Crippen molar-refractivity contribution in [3.8, 4) is 11.3 Å². The molecule has 0 aliphatic rings. The van der Waals surface area contributed by atoms with E-state index in [-0.39, 0.29) is 5.25 Å². The van der Waals surface area contributed by atoms with Crippen molar-refractivity contribution in [1.82, 2.24) is 4.98 Å². The van der Waals surface area contributed by atoms with Gasteiger partial charge in [-0.3, -0.25) is 4.98 Å². The van der Waals surface area contributed by atoms with Gasteiger partial charge in [-0.25, -0.2) is 0 Å². The van der Waals surface area contributed by atoms with Gasteiger partial charge in [0.15, 0.2) is 0 Å². The standard InChI is InChI=1S/C24H24F3NS/c1-4-6-23(29-20-8-5-7-16(2)15-20)21-13-14-22(28-17(21)3)18-9-11-19(12-10-18)24(25,26)27/h5,7-15,23H,4,6H2,1-3H3. The van der Waals surface area contributed by atoms with Crippen LogP contribution in [0.1, 0.15) is 47.4 Å². The maximum Gasteiger partial charge on any atom is 0.416 e. The third-order valence-corrected chi connectivity index (χ3v) is 6.10. The lowest BCUT2D eigenvalue weighted by Crippen LogP contribution is -2.04. The van der Waals surface area contributed by atoms with E-state index in [0.717, 1.165) is 30.7 Å². The molecule has 5 heteroatoms. The highest BCUT2D eigenvalue weighted by Crippen LogP contribution is 2.40. The fourth-order valence-electron chi connectivity index (χ4n) is 3.30. The molecule has 1 atom stereocenters. The minimum atomic E-state index is -4.33. The number of rotatable bonds is 6. The summed E-state index contributed by atoms with van der Waals surface area (Å²) in [6, 6.07) is 17.6. The van der Waals surface area contributed by atoms with Gasteiger partial charge in [-0.2, -0.15) is 13.2 Å². The van der Waals surface area contributed by atoms with Gasteiger partial charge in [0.25, 0.3) is 0 Å². The lowest BCUT2D eigenvalue weighted by molar-refractivity contribution is -0.137. The van der Waals surface area contributed by atoms with E-state index in [1.165, 1.54) is 28.2 Å². The zero-order valence-electron chi connectivity index (χ0n) is 16.8. The first-order chi connectivity index (χ1) is 13.8. The predicted molar refractivity (Wildman–Crippen MR) is 114 cm³/mol. The van der Waals surface area contributed by atoms with Crippen LogP contribution in [0.15, 0.2) is 65.6 Å². The smallest absolute Gasteiger partial charge is 0.253 e. The Morgan fingerprint density at radius 1 is 0.966 bits per heavy atom. The van der Waals surface area contributed by atoms with Crippen LogP contribution in [-0.4, -0.2) is 4.98 Å². The Morgan fingerprint density at radius 2 is 1.69 bits per heavy atom. The van der Waals surface area contributed by atoms with E-state index in [1.807, 2.05) is 24.8 Å². The van der Waals surface area contributed by atoms with Gasteiger partial charge in [-0.1, -0.05) is 49.2 Å². The number of pyridine rings is 1. The monoisotopic (exact) mass is 415 g/mol. The average Bonchev–Trinajstić information content (AvgIpc) is 2.67. The van der Waals surface area contributed by atoms with E-state index in [4.69, 9.17) is 4.98 Å². The summed E-state index contributed by atoms with van der Waals surface area (Å²) in [4.78, 5) is 5.93. The third kappa shape index (κ3) is 5.41. The van der Waals surface area contributed by atoms with E-state index in [0.29, 0.717) is 11.3 Å². The summed E-state index contributed by atoms with van der Waals surface area (Å²) in [6.07, 6.45) is -2.24. The van der Waals surface area contributed by atoms with Crippen LogP contribution in [0.25, 0.3) is 11.3 Å². The number of hydrogen-bond acceptors (Lipinski definition) is 2. The Bertz CT molecular complexity index is 965. The van der Waals surface area contributed by atoms with Crippen LogP contribution in [-0.2, 0) is 6.18 Å². The number of aryl methyl sites for hydroxylation is 2. The fraction of sp³-hybridized carbons (Fsp3) is 0.292. The molecule has 0 radical (unpaired) electrons. The van der Waals surface area contributed by atoms with Crippen LogP contribution in [0.5, 0.6) is 0 Å². The molecule has 1 heterocycles. The van der Waals surface area contributed by atoms with Crippen molar-refractivity contribution in [1.29, 1.82) is 0 Å². The number of benzene rings is 2. The van der Waals surface area contributed by atoms with E-state index < -0.39 is 11.7 Å². The van der Waals surface area contributed by atoms with Gasteiger partial charge in [0.05, 0.1) is 11.3 Å². The van der Waals surface area contributed by atoms with Crippen molar-refractivity contribution in [3.05, 3.63) is 83.0 Å². The Balaban J connectivity index is 1.86. The number of hydrogen-bond donors (Lipinski definition) is 0. The van der Waals surface area contributed by atoms with Gasteiger partial charge in [-0.15, -0.1) is 11.8 Å². The van der Waals surface area contributed by atoms with E-state index in [2.05, 4.69) is 44.2 Å². The van der Waals surface area contributed by atoms with Crippen LogP contribution >= 0.6 is 11.8 Å². The van der Waals surface area contributed by atoms with E-state index >= 15 is 0 Å². The summed E-state index contributed by atoms with van der Waals surface area (Å²) in [6.45, 7) is 6.23. The highest BCUT2D eigenvalue weighted by Gasteiger charge is 2.30. The molecule has 2 aromatic carbocycles.